The number of hydrogen-bond donors (Lipinski definition) is 0. The highest BCUT2D eigenvalue weighted by atomic mass is 79.9. The molecule has 0 aliphatic carbocycles. The lowest BCUT2D eigenvalue weighted by Gasteiger charge is -2.17. The second kappa shape index (κ2) is 4.77. The summed E-state index contributed by atoms with van der Waals surface area (Å²) >= 11 is 3.35. The smallest absolute Gasteiger partial charge is 0.168 e. The Balaban J connectivity index is 2.41. The first-order valence-corrected chi connectivity index (χ1v) is 6.58. The summed E-state index contributed by atoms with van der Waals surface area (Å²) in [4.78, 5) is 0. The van der Waals surface area contributed by atoms with Crippen LogP contribution in [0.25, 0.3) is 11.0 Å². The van der Waals surface area contributed by atoms with Gasteiger partial charge >= 0.3 is 0 Å². The Bertz CT molecular complexity index is 521. The molecule has 2 nitrogen and oxygen atoms in total. The summed E-state index contributed by atoms with van der Waals surface area (Å²) < 4.78 is 20.6. The van der Waals surface area contributed by atoms with E-state index in [2.05, 4.69) is 21.1 Å². The Kier molecular flexibility index (Phi) is 3.52. The maximum absolute atomic E-state index is 14.5. The van der Waals surface area contributed by atoms with Gasteiger partial charge in [0.1, 0.15) is 5.69 Å². The normalized spacial score (nSPS) is 15.1. The van der Waals surface area contributed by atoms with Gasteiger partial charge < -0.3 is 4.52 Å². The van der Waals surface area contributed by atoms with E-state index in [-0.39, 0.29) is 0 Å². The first-order chi connectivity index (χ1) is 8.04. The van der Waals surface area contributed by atoms with Gasteiger partial charge in [-0.15, -0.1) is 0 Å². The molecule has 0 N–H and O–H groups in total. The van der Waals surface area contributed by atoms with E-state index in [0.29, 0.717) is 17.7 Å². The summed E-state index contributed by atoms with van der Waals surface area (Å²) in [5.41, 5.74) is -0.391. The van der Waals surface area contributed by atoms with Crippen molar-refractivity contribution in [3.63, 3.8) is 0 Å². The molecule has 1 heterocycles. The molecule has 1 unspecified atom stereocenters. The van der Waals surface area contributed by atoms with Crippen LogP contribution in [0.5, 0.6) is 0 Å². The van der Waals surface area contributed by atoms with Crippen molar-refractivity contribution in [1.29, 1.82) is 0 Å². The van der Waals surface area contributed by atoms with Crippen LogP contribution in [-0.4, -0.2) is 5.16 Å². The first-order valence-electron chi connectivity index (χ1n) is 5.79. The van der Waals surface area contributed by atoms with Crippen molar-refractivity contribution in [2.45, 2.75) is 38.8 Å². The predicted molar refractivity (Wildman–Crippen MR) is 69.7 cm³/mol. The number of unbranched alkanes of at least 4 members (excludes halogenated alkanes) is 1. The number of rotatable bonds is 4. The molecule has 2 rings (SSSR count). The largest absolute Gasteiger partial charge is 0.356 e. The van der Waals surface area contributed by atoms with Crippen LogP contribution in [0.15, 0.2) is 27.2 Å². The fraction of sp³-hybridized carbons (Fsp3) is 0.462. The van der Waals surface area contributed by atoms with E-state index in [1.54, 1.807) is 6.92 Å². The highest BCUT2D eigenvalue weighted by molar-refractivity contribution is 9.10. The van der Waals surface area contributed by atoms with Crippen LogP contribution >= 0.6 is 15.9 Å². The van der Waals surface area contributed by atoms with Crippen LogP contribution < -0.4 is 0 Å². The molecule has 1 atom stereocenters. The van der Waals surface area contributed by atoms with Gasteiger partial charge in [-0.05, 0) is 31.5 Å². The van der Waals surface area contributed by atoms with Crippen LogP contribution in [0.1, 0.15) is 38.8 Å². The van der Waals surface area contributed by atoms with E-state index >= 15 is 0 Å². The van der Waals surface area contributed by atoms with Crippen LogP contribution in [0.2, 0.25) is 0 Å². The zero-order valence-corrected chi connectivity index (χ0v) is 11.6. The molecule has 0 saturated carbocycles. The molecule has 0 aliphatic rings. The Morgan fingerprint density at radius 3 is 2.94 bits per heavy atom. The summed E-state index contributed by atoms with van der Waals surface area (Å²) in [5.74, 6) is 0. The molecule has 1 aromatic heterocycles. The van der Waals surface area contributed by atoms with Gasteiger partial charge in [0.15, 0.2) is 11.3 Å². The first kappa shape index (κ1) is 12.6. The molecule has 1 aromatic carbocycles. The predicted octanol–water partition coefficient (Wildman–Crippen LogP) is 4.97. The van der Waals surface area contributed by atoms with Crippen molar-refractivity contribution >= 4 is 26.9 Å². The molecule has 4 heteroatoms. The van der Waals surface area contributed by atoms with E-state index in [1.807, 2.05) is 25.1 Å². The van der Waals surface area contributed by atoms with Gasteiger partial charge in [-0.2, -0.15) is 0 Å². The molecule has 0 radical (unpaired) electrons. The minimum atomic E-state index is -1.42. The molecule has 92 valence electrons. The lowest BCUT2D eigenvalue weighted by molar-refractivity contribution is 0.161. The van der Waals surface area contributed by atoms with Gasteiger partial charge in [-0.3, -0.25) is 0 Å². The van der Waals surface area contributed by atoms with E-state index in [1.165, 1.54) is 0 Å². The Morgan fingerprint density at radius 2 is 2.24 bits per heavy atom. The minimum Gasteiger partial charge on any atom is -0.356 e. The summed E-state index contributed by atoms with van der Waals surface area (Å²) in [6, 6.07) is 5.52. The highest BCUT2D eigenvalue weighted by Crippen LogP contribution is 2.35. The van der Waals surface area contributed by atoms with E-state index in [4.69, 9.17) is 4.52 Å². The van der Waals surface area contributed by atoms with Gasteiger partial charge in [0.25, 0.3) is 0 Å². The van der Waals surface area contributed by atoms with Crippen molar-refractivity contribution in [3.05, 3.63) is 28.4 Å². The SMILES string of the molecule is CCCCC(C)(F)c1noc2cc(Br)ccc12. The second-order valence-corrected chi connectivity index (χ2v) is 5.39. The van der Waals surface area contributed by atoms with Crippen LogP contribution in [-0.2, 0) is 5.67 Å². The number of halogens is 2. The summed E-state index contributed by atoms with van der Waals surface area (Å²) in [5, 5.41) is 4.65. The van der Waals surface area contributed by atoms with Gasteiger partial charge in [-0.25, -0.2) is 4.39 Å². The van der Waals surface area contributed by atoms with Gasteiger partial charge in [0, 0.05) is 9.86 Å². The number of nitrogens with zero attached hydrogens (tertiary/aromatic N) is 1. The summed E-state index contributed by atoms with van der Waals surface area (Å²) in [7, 11) is 0. The molecule has 0 fully saturated rings. The Morgan fingerprint density at radius 1 is 1.47 bits per heavy atom. The lowest BCUT2D eigenvalue weighted by Crippen LogP contribution is -2.15. The quantitative estimate of drug-likeness (QED) is 0.797. The molecule has 0 saturated heterocycles. The van der Waals surface area contributed by atoms with Crippen molar-refractivity contribution in [2.24, 2.45) is 0 Å². The zero-order valence-electron chi connectivity index (χ0n) is 9.96. The molecule has 0 bridgehead atoms. The topological polar surface area (TPSA) is 26.0 Å². The van der Waals surface area contributed by atoms with Gasteiger partial charge in [0.05, 0.1) is 0 Å². The second-order valence-electron chi connectivity index (χ2n) is 4.47. The lowest BCUT2D eigenvalue weighted by atomic mass is 9.95. The molecule has 0 amide bonds. The number of fused-ring (bicyclic) bond motifs is 1. The molecule has 0 spiro atoms. The Labute approximate surface area is 108 Å². The third-order valence-corrected chi connectivity index (χ3v) is 3.42. The molecular formula is C13H15BrFNO. The average molecular weight is 300 g/mol. The fourth-order valence-electron chi connectivity index (χ4n) is 1.91. The molecule has 17 heavy (non-hydrogen) atoms. The van der Waals surface area contributed by atoms with Crippen LogP contribution in [0, 0.1) is 0 Å². The molecule has 0 aliphatic heterocycles. The van der Waals surface area contributed by atoms with Crippen LogP contribution in [0.4, 0.5) is 4.39 Å². The van der Waals surface area contributed by atoms with Crippen molar-refractivity contribution in [3.8, 4) is 0 Å². The maximum atomic E-state index is 14.5. The minimum absolute atomic E-state index is 0.411. The van der Waals surface area contributed by atoms with Crippen molar-refractivity contribution < 1.29 is 8.91 Å². The van der Waals surface area contributed by atoms with Gasteiger partial charge in [-0.1, -0.05) is 40.9 Å². The maximum Gasteiger partial charge on any atom is 0.168 e. The number of benzene rings is 1. The van der Waals surface area contributed by atoms with E-state index in [9.17, 15) is 4.39 Å². The summed E-state index contributed by atoms with van der Waals surface area (Å²) in [6.07, 6.45) is 2.29. The van der Waals surface area contributed by atoms with Crippen molar-refractivity contribution in [2.75, 3.05) is 0 Å². The standard InChI is InChI=1S/C13H15BrFNO/c1-3-4-7-13(2,15)12-10-6-5-9(14)8-11(10)17-16-12/h5-6,8H,3-4,7H2,1-2H3. The average Bonchev–Trinajstić information content (AvgIpc) is 2.69. The number of hydrogen-bond acceptors (Lipinski definition) is 2. The van der Waals surface area contributed by atoms with E-state index in [0.717, 1.165) is 22.7 Å². The van der Waals surface area contributed by atoms with E-state index < -0.39 is 5.67 Å². The summed E-state index contributed by atoms with van der Waals surface area (Å²) in [6.45, 7) is 3.62. The molecular weight excluding hydrogens is 285 g/mol. The highest BCUT2D eigenvalue weighted by Gasteiger charge is 2.31. The number of aromatic nitrogens is 1. The zero-order chi connectivity index (χ0) is 12.5. The fourth-order valence-corrected chi connectivity index (χ4v) is 2.25. The third-order valence-electron chi connectivity index (χ3n) is 2.93. The van der Waals surface area contributed by atoms with Crippen molar-refractivity contribution in [1.82, 2.24) is 5.16 Å². The third kappa shape index (κ3) is 2.51. The van der Waals surface area contributed by atoms with Crippen LogP contribution in [0.3, 0.4) is 0 Å². The van der Waals surface area contributed by atoms with Gasteiger partial charge in [0.2, 0.25) is 0 Å². The number of alkyl halides is 1. The molecule has 2 aromatic rings. The monoisotopic (exact) mass is 299 g/mol. The Hall–Kier alpha value is -0.900.